The Morgan fingerprint density at radius 2 is 1.88 bits per heavy atom. The van der Waals surface area contributed by atoms with Crippen molar-refractivity contribution in [3.63, 3.8) is 0 Å². The van der Waals surface area contributed by atoms with E-state index in [2.05, 4.69) is 22.4 Å². The molecule has 3 rings (SSSR count). The number of hydrogen-bond acceptors (Lipinski definition) is 4. The summed E-state index contributed by atoms with van der Waals surface area (Å²) in [6, 6.07) is 7.19. The van der Waals surface area contributed by atoms with Crippen molar-refractivity contribution >= 4 is 11.9 Å². The Bertz CT molecular complexity index is 829. The van der Waals surface area contributed by atoms with Crippen molar-refractivity contribution in [2.75, 3.05) is 0 Å². The highest BCUT2D eigenvalue weighted by Crippen LogP contribution is 2.31. The molecule has 3 amide bonds. The number of nitrogens with zero attached hydrogens (tertiary/aromatic N) is 4. The summed E-state index contributed by atoms with van der Waals surface area (Å²) in [7, 11) is 0. The van der Waals surface area contributed by atoms with Crippen molar-refractivity contribution < 1.29 is 9.59 Å². The lowest BCUT2D eigenvalue weighted by atomic mass is 9.88. The zero-order valence-electron chi connectivity index (χ0n) is 15.0. The van der Waals surface area contributed by atoms with E-state index in [1.807, 2.05) is 42.7 Å². The Labute approximate surface area is 147 Å². The van der Waals surface area contributed by atoms with Gasteiger partial charge in [0.25, 0.3) is 5.91 Å². The number of imide groups is 1. The molecule has 25 heavy (non-hydrogen) atoms. The first kappa shape index (κ1) is 17.1. The van der Waals surface area contributed by atoms with Crippen LogP contribution in [0.5, 0.6) is 0 Å². The lowest BCUT2D eigenvalue weighted by molar-refractivity contribution is -0.131. The molecule has 0 saturated carbocycles. The Kier molecular flexibility index (Phi) is 4.32. The fourth-order valence-electron chi connectivity index (χ4n) is 3.35. The molecule has 1 N–H and O–H groups in total. The predicted molar refractivity (Wildman–Crippen MR) is 92.7 cm³/mol. The van der Waals surface area contributed by atoms with E-state index in [4.69, 9.17) is 0 Å². The van der Waals surface area contributed by atoms with Gasteiger partial charge in [0.2, 0.25) is 0 Å². The monoisotopic (exact) mass is 341 g/mol. The second-order valence-corrected chi connectivity index (χ2v) is 6.58. The van der Waals surface area contributed by atoms with E-state index < -0.39 is 11.6 Å². The van der Waals surface area contributed by atoms with Gasteiger partial charge < -0.3 is 9.88 Å². The summed E-state index contributed by atoms with van der Waals surface area (Å²) >= 11 is 0. The molecule has 1 aliphatic heterocycles. The molecule has 2 heterocycles. The summed E-state index contributed by atoms with van der Waals surface area (Å²) in [5.74, 6) is 1.14. The third kappa shape index (κ3) is 2.79. The molecule has 2 aromatic rings. The molecule has 1 fully saturated rings. The van der Waals surface area contributed by atoms with Gasteiger partial charge in [-0.2, -0.15) is 0 Å². The smallest absolute Gasteiger partial charge is 0.319 e. The molecule has 0 aliphatic carbocycles. The first-order chi connectivity index (χ1) is 11.9. The molecule has 1 atom stereocenters. The van der Waals surface area contributed by atoms with Crippen LogP contribution in [0.3, 0.4) is 0 Å². The third-order valence-electron chi connectivity index (χ3n) is 4.72. The number of aromatic nitrogens is 3. The van der Waals surface area contributed by atoms with Crippen LogP contribution in [-0.2, 0) is 23.4 Å². The first-order valence-electron chi connectivity index (χ1n) is 8.47. The number of amides is 3. The number of nitrogens with one attached hydrogen (secondary N) is 1. The van der Waals surface area contributed by atoms with Gasteiger partial charge in [-0.15, -0.1) is 10.2 Å². The largest absolute Gasteiger partial charge is 0.325 e. The van der Waals surface area contributed by atoms with Gasteiger partial charge in [-0.1, -0.05) is 31.2 Å². The van der Waals surface area contributed by atoms with E-state index in [1.165, 1.54) is 4.90 Å². The number of carbonyl (C=O) groups is 2. The number of carbonyl (C=O) groups excluding carboxylic acids is 2. The number of urea groups is 1. The summed E-state index contributed by atoms with van der Waals surface area (Å²) in [6.07, 6.45) is 0.924. The summed E-state index contributed by atoms with van der Waals surface area (Å²) in [5.41, 5.74) is 0.708. The van der Waals surface area contributed by atoms with E-state index in [9.17, 15) is 9.59 Å². The fraction of sp³-hybridized carbons (Fsp3) is 0.444. The normalized spacial score (nSPS) is 20.2. The van der Waals surface area contributed by atoms with E-state index >= 15 is 0 Å². The Morgan fingerprint density at radius 1 is 1.16 bits per heavy atom. The van der Waals surface area contributed by atoms with Gasteiger partial charge >= 0.3 is 6.03 Å². The Balaban J connectivity index is 1.91. The van der Waals surface area contributed by atoms with Gasteiger partial charge in [0.1, 0.15) is 11.4 Å². The number of aryl methyl sites for hydroxylation is 2. The van der Waals surface area contributed by atoms with Crippen molar-refractivity contribution in [3.8, 4) is 0 Å². The maximum absolute atomic E-state index is 13.1. The minimum atomic E-state index is -1.06. The van der Waals surface area contributed by atoms with Crippen LogP contribution in [0.2, 0.25) is 0 Å². The molecule has 7 nitrogen and oxygen atoms in total. The molecule has 7 heteroatoms. The van der Waals surface area contributed by atoms with E-state index in [0.29, 0.717) is 5.82 Å². The van der Waals surface area contributed by atoms with E-state index in [0.717, 1.165) is 29.9 Å². The van der Waals surface area contributed by atoms with Crippen LogP contribution < -0.4 is 5.32 Å². The maximum atomic E-state index is 13.1. The van der Waals surface area contributed by atoms with Crippen molar-refractivity contribution in [1.29, 1.82) is 0 Å². The second-order valence-electron chi connectivity index (χ2n) is 6.58. The zero-order valence-corrected chi connectivity index (χ0v) is 15.0. The molecular weight excluding hydrogens is 318 g/mol. The van der Waals surface area contributed by atoms with Gasteiger partial charge in [-0.3, -0.25) is 9.69 Å². The lowest BCUT2D eigenvalue weighted by Gasteiger charge is -2.24. The van der Waals surface area contributed by atoms with Crippen molar-refractivity contribution in [2.24, 2.45) is 0 Å². The van der Waals surface area contributed by atoms with Crippen molar-refractivity contribution in [1.82, 2.24) is 25.0 Å². The highest BCUT2D eigenvalue weighted by atomic mass is 16.2. The molecule has 0 bridgehead atoms. The SMILES string of the molecule is CCCn1c(C)nnc1CN1C(=O)N[C@@](C)(c2ccccc2C)C1=O. The molecule has 0 unspecified atom stereocenters. The highest BCUT2D eigenvalue weighted by molar-refractivity contribution is 6.07. The van der Waals surface area contributed by atoms with Crippen LogP contribution >= 0.6 is 0 Å². The van der Waals surface area contributed by atoms with Crippen LogP contribution in [0.4, 0.5) is 4.79 Å². The highest BCUT2D eigenvalue weighted by Gasteiger charge is 2.49. The summed E-state index contributed by atoms with van der Waals surface area (Å²) in [5, 5.41) is 11.1. The molecule has 1 aromatic heterocycles. The van der Waals surface area contributed by atoms with Gasteiger partial charge in [0.05, 0.1) is 6.54 Å². The number of hydrogen-bond donors (Lipinski definition) is 1. The van der Waals surface area contributed by atoms with Gasteiger partial charge in [0.15, 0.2) is 5.82 Å². The lowest BCUT2D eigenvalue weighted by Crippen LogP contribution is -2.41. The quantitative estimate of drug-likeness (QED) is 0.846. The fourth-order valence-corrected chi connectivity index (χ4v) is 3.35. The second kappa shape index (κ2) is 6.31. The average molecular weight is 341 g/mol. The summed E-state index contributed by atoms with van der Waals surface area (Å²) in [6.45, 7) is 8.49. The van der Waals surface area contributed by atoms with Crippen molar-refractivity contribution in [2.45, 2.75) is 52.7 Å². The average Bonchev–Trinajstić information content (AvgIpc) is 3.02. The van der Waals surface area contributed by atoms with E-state index in [-0.39, 0.29) is 12.5 Å². The Hall–Kier alpha value is -2.70. The Morgan fingerprint density at radius 3 is 2.56 bits per heavy atom. The van der Waals surface area contributed by atoms with Crippen LogP contribution in [0.25, 0.3) is 0 Å². The summed E-state index contributed by atoms with van der Waals surface area (Å²) < 4.78 is 1.95. The van der Waals surface area contributed by atoms with Gasteiger partial charge in [-0.05, 0) is 38.3 Å². The minimum absolute atomic E-state index is 0.118. The molecule has 0 radical (unpaired) electrons. The van der Waals surface area contributed by atoms with Gasteiger partial charge in [-0.25, -0.2) is 4.79 Å². The third-order valence-corrected chi connectivity index (χ3v) is 4.72. The zero-order chi connectivity index (χ0) is 18.2. The minimum Gasteiger partial charge on any atom is -0.319 e. The topological polar surface area (TPSA) is 80.1 Å². The standard InChI is InChI=1S/C18H23N5O2/c1-5-10-22-13(3)20-21-15(22)11-23-16(24)18(4,19-17(23)25)14-9-7-6-8-12(14)2/h6-9H,5,10-11H2,1-4H3,(H,19,25)/t18-/m0/s1. The maximum Gasteiger partial charge on any atom is 0.325 e. The number of rotatable bonds is 5. The van der Waals surface area contributed by atoms with E-state index in [1.54, 1.807) is 6.92 Å². The van der Waals surface area contributed by atoms with Gasteiger partial charge in [0, 0.05) is 6.54 Å². The van der Waals surface area contributed by atoms with Crippen LogP contribution in [0.1, 0.15) is 43.0 Å². The van der Waals surface area contributed by atoms with Crippen molar-refractivity contribution in [3.05, 3.63) is 47.0 Å². The van der Waals surface area contributed by atoms with Crippen LogP contribution in [0, 0.1) is 13.8 Å². The van der Waals surface area contributed by atoms with Crippen LogP contribution in [0.15, 0.2) is 24.3 Å². The first-order valence-corrected chi connectivity index (χ1v) is 8.47. The molecular formula is C18H23N5O2. The molecule has 1 aromatic carbocycles. The van der Waals surface area contributed by atoms with Crippen LogP contribution in [-0.4, -0.2) is 31.6 Å². The molecule has 0 spiro atoms. The number of benzene rings is 1. The molecule has 1 saturated heterocycles. The summed E-state index contributed by atoms with van der Waals surface area (Å²) in [4.78, 5) is 26.8. The molecule has 132 valence electrons. The molecule has 1 aliphatic rings. The predicted octanol–water partition coefficient (Wildman–Crippen LogP) is 2.27.